The molecule has 2 aromatic rings. The molecule has 0 aliphatic rings. The van der Waals surface area contributed by atoms with E-state index in [1.807, 2.05) is 36.4 Å². The maximum Gasteiger partial charge on any atom is 0.137 e. The molecule has 0 spiro atoms. The predicted molar refractivity (Wildman–Crippen MR) is 56.4 cm³/mol. The van der Waals surface area contributed by atoms with Crippen LogP contribution in [0.15, 0.2) is 41.3 Å². The van der Waals surface area contributed by atoms with Crippen LogP contribution >= 0.6 is 12.6 Å². The molecule has 0 atom stereocenters. The number of methoxy groups -OCH3 is 1. The first-order valence-electron chi connectivity index (χ1n) is 4.05. The van der Waals surface area contributed by atoms with Gasteiger partial charge in [-0.2, -0.15) is 0 Å². The van der Waals surface area contributed by atoms with Crippen LogP contribution in [-0.2, 0) is 0 Å². The first-order valence-corrected chi connectivity index (χ1v) is 4.46. The third-order valence-corrected chi connectivity index (χ3v) is 2.48. The predicted octanol–water partition coefficient (Wildman–Crippen LogP) is 3.40. The lowest BCUT2D eigenvalue weighted by Crippen LogP contribution is -1.85. The molecule has 0 aromatic heterocycles. The molecule has 0 aliphatic heterocycles. The molecule has 0 saturated carbocycles. The molecular formula is C11H9OS. The highest BCUT2D eigenvalue weighted by molar-refractivity contribution is 7.80. The molecular weight excluding hydrogens is 180 g/mol. The Bertz CT molecular complexity index is 437. The van der Waals surface area contributed by atoms with Crippen LogP contribution in [0, 0.1) is 0 Å². The summed E-state index contributed by atoms with van der Waals surface area (Å²) in [5.74, 6) is 0.772. The minimum Gasteiger partial charge on any atom is -0.495 e. The number of rotatable bonds is 1. The Labute approximate surface area is 82.7 Å². The summed E-state index contributed by atoms with van der Waals surface area (Å²) in [6.07, 6.45) is 0. The van der Waals surface area contributed by atoms with Crippen LogP contribution in [0.25, 0.3) is 10.8 Å². The van der Waals surface area contributed by atoms with Crippen LogP contribution in [-0.4, -0.2) is 7.11 Å². The summed E-state index contributed by atoms with van der Waals surface area (Å²) in [5, 5.41) is 2.24. The summed E-state index contributed by atoms with van der Waals surface area (Å²) >= 11 is 5.27. The molecule has 2 aromatic carbocycles. The normalized spacial score (nSPS) is 10.2. The molecule has 2 rings (SSSR count). The first kappa shape index (κ1) is 8.32. The van der Waals surface area contributed by atoms with Gasteiger partial charge in [0.2, 0.25) is 0 Å². The van der Waals surface area contributed by atoms with Crippen molar-refractivity contribution in [2.24, 2.45) is 0 Å². The van der Waals surface area contributed by atoms with E-state index in [-0.39, 0.29) is 0 Å². The van der Waals surface area contributed by atoms with Gasteiger partial charge in [-0.3, -0.25) is 0 Å². The van der Waals surface area contributed by atoms with Crippen molar-refractivity contribution in [2.75, 3.05) is 7.11 Å². The number of hydrogen-bond acceptors (Lipinski definition) is 1. The second-order valence-corrected chi connectivity index (χ2v) is 3.23. The van der Waals surface area contributed by atoms with Gasteiger partial charge >= 0.3 is 0 Å². The summed E-state index contributed by atoms with van der Waals surface area (Å²) in [7, 11) is 1.64. The summed E-state index contributed by atoms with van der Waals surface area (Å²) in [4.78, 5) is 0.792. The SMILES string of the molecule is COc1ccc2ccccc2c1[S]. The van der Waals surface area contributed by atoms with E-state index in [1.165, 1.54) is 0 Å². The standard InChI is InChI=1S/C11H9OS/c1-12-10-7-6-8-4-2-3-5-9(8)11(10)13/h2-7H,1H3. The molecule has 0 amide bonds. The van der Waals surface area contributed by atoms with Crippen LogP contribution in [0.4, 0.5) is 0 Å². The van der Waals surface area contributed by atoms with Crippen LogP contribution in [0.5, 0.6) is 5.75 Å². The maximum atomic E-state index is 5.27. The van der Waals surface area contributed by atoms with Crippen LogP contribution in [0.1, 0.15) is 0 Å². The molecule has 0 N–H and O–H groups in total. The number of ether oxygens (including phenoxy) is 1. The van der Waals surface area contributed by atoms with Crippen molar-refractivity contribution in [1.29, 1.82) is 0 Å². The average Bonchev–Trinajstić information content (AvgIpc) is 2.19. The highest BCUT2D eigenvalue weighted by atomic mass is 32.1. The summed E-state index contributed by atoms with van der Waals surface area (Å²) in [5.41, 5.74) is 0. The number of benzene rings is 2. The fraction of sp³-hybridized carbons (Fsp3) is 0.0909. The summed E-state index contributed by atoms with van der Waals surface area (Å²) in [6, 6.07) is 12.0. The second-order valence-electron chi connectivity index (χ2n) is 2.82. The van der Waals surface area contributed by atoms with E-state index < -0.39 is 0 Å². The van der Waals surface area contributed by atoms with Crippen molar-refractivity contribution in [3.8, 4) is 5.75 Å². The highest BCUT2D eigenvalue weighted by Gasteiger charge is 2.03. The van der Waals surface area contributed by atoms with Gasteiger partial charge < -0.3 is 4.74 Å². The molecule has 0 heterocycles. The van der Waals surface area contributed by atoms with Crippen molar-refractivity contribution < 1.29 is 4.74 Å². The molecule has 0 fully saturated rings. The maximum absolute atomic E-state index is 5.27. The Morgan fingerprint density at radius 3 is 2.62 bits per heavy atom. The molecule has 13 heavy (non-hydrogen) atoms. The fourth-order valence-electron chi connectivity index (χ4n) is 1.38. The van der Waals surface area contributed by atoms with Crippen molar-refractivity contribution >= 4 is 23.4 Å². The number of fused-ring (bicyclic) bond motifs is 1. The summed E-state index contributed by atoms with van der Waals surface area (Å²) in [6.45, 7) is 0. The zero-order chi connectivity index (χ0) is 9.26. The van der Waals surface area contributed by atoms with Crippen molar-refractivity contribution in [3.63, 3.8) is 0 Å². The van der Waals surface area contributed by atoms with Crippen LogP contribution in [0.2, 0.25) is 0 Å². The molecule has 1 radical (unpaired) electrons. The van der Waals surface area contributed by atoms with E-state index in [1.54, 1.807) is 7.11 Å². The topological polar surface area (TPSA) is 9.23 Å². The molecule has 2 heteroatoms. The molecule has 1 nitrogen and oxygen atoms in total. The monoisotopic (exact) mass is 189 g/mol. The lowest BCUT2D eigenvalue weighted by atomic mass is 10.1. The van der Waals surface area contributed by atoms with Gasteiger partial charge in [0.15, 0.2) is 0 Å². The van der Waals surface area contributed by atoms with E-state index in [4.69, 9.17) is 17.4 Å². The molecule has 0 unspecified atom stereocenters. The average molecular weight is 189 g/mol. The molecule has 65 valence electrons. The van der Waals surface area contributed by atoms with Crippen molar-refractivity contribution in [2.45, 2.75) is 4.90 Å². The van der Waals surface area contributed by atoms with E-state index >= 15 is 0 Å². The zero-order valence-corrected chi connectivity index (χ0v) is 8.10. The lowest BCUT2D eigenvalue weighted by Gasteiger charge is -2.05. The van der Waals surface area contributed by atoms with Crippen molar-refractivity contribution in [1.82, 2.24) is 0 Å². The second kappa shape index (κ2) is 3.23. The third kappa shape index (κ3) is 1.33. The lowest BCUT2D eigenvalue weighted by molar-refractivity contribution is 0.406. The summed E-state index contributed by atoms with van der Waals surface area (Å²) < 4.78 is 5.15. The Balaban J connectivity index is 2.79. The molecule has 0 aliphatic carbocycles. The number of hydrogen-bond donors (Lipinski definition) is 0. The van der Waals surface area contributed by atoms with Gasteiger partial charge in [-0.15, -0.1) is 0 Å². The smallest absolute Gasteiger partial charge is 0.137 e. The minimum atomic E-state index is 0.772. The Hall–Kier alpha value is -1.28. The van der Waals surface area contributed by atoms with Gasteiger partial charge in [-0.05, 0) is 11.5 Å². The highest BCUT2D eigenvalue weighted by Crippen LogP contribution is 2.30. The Morgan fingerprint density at radius 2 is 1.85 bits per heavy atom. The first-order chi connectivity index (χ1) is 6.33. The molecule has 0 saturated heterocycles. The minimum absolute atomic E-state index is 0.772. The Kier molecular flexibility index (Phi) is 2.07. The van der Waals surface area contributed by atoms with Gasteiger partial charge in [-0.25, -0.2) is 0 Å². The van der Waals surface area contributed by atoms with Crippen LogP contribution < -0.4 is 4.74 Å². The largest absolute Gasteiger partial charge is 0.495 e. The van der Waals surface area contributed by atoms with E-state index in [0.717, 1.165) is 21.4 Å². The van der Waals surface area contributed by atoms with Gasteiger partial charge in [-0.1, -0.05) is 43.0 Å². The van der Waals surface area contributed by atoms with E-state index in [9.17, 15) is 0 Å². The Morgan fingerprint density at radius 1 is 1.08 bits per heavy atom. The van der Waals surface area contributed by atoms with E-state index in [2.05, 4.69) is 0 Å². The van der Waals surface area contributed by atoms with Gasteiger partial charge in [0, 0.05) is 5.39 Å². The van der Waals surface area contributed by atoms with Crippen molar-refractivity contribution in [3.05, 3.63) is 36.4 Å². The zero-order valence-electron chi connectivity index (χ0n) is 7.28. The van der Waals surface area contributed by atoms with Gasteiger partial charge in [0.1, 0.15) is 5.75 Å². The third-order valence-electron chi connectivity index (χ3n) is 2.06. The van der Waals surface area contributed by atoms with Gasteiger partial charge in [0.25, 0.3) is 0 Å². The van der Waals surface area contributed by atoms with Gasteiger partial charge in [0.05, 0.1) is 12.0 Å². The van der Waals surface area contributed by atoms with Crippen LogP contribution in [0.3, 0.4) is 0 Å². The van der Waals surface area contributed by atoms with E-state index in [0.29, 0.717) is 0 Å². The molecule has 0 bridgehead atoms. The quantitative estimate of drug-likeness (QED) is 0.668. The fourth-order valence-corrected chi connectivity index (χ4v) is 1.72.